The normalized spacial score (nSPS) is 23.3. The number of benzene rings is 2. The van der Waals surface area contributed by atoms with Gasteiger partial charge >= 0.3 is 0 Å². The number of rotatable bonds is 5. The summed E-state index contributed by atoms with van der Waals surface area (Å²) in [6.45, 7) is 7.36. The van der Waals surface area contributed by atoms with E-state index in [-0.39, 0.29) is 0 Å². The molecule has 30 heavy (non-hydrogen) atoms. The highest BCUT2D eigenvalue weighted by molar-refractivity contribution is 5.43. The number of piperidine rings is 2. The smallest absolute Gasteiger partial charge is 0.0233 e. The maximum absolute atomic E-state index is 2.65. The third kappa shape index (κ3) is 4.81. The summed E-state index contributed by atoms with van der Waals surface area (Å²) >= 11 is 0. The van der Waals surface area contributed by atoms with Gasteiger partial charge in [0.15, 0.2) is 0 Å². The zero-order chi connectivity index (χ0) is 20.2. The SMILES string of the molecule is c1cc(C2CCCc3ccc(CN4CCCCC4)cc32)ccc1CN1CCCCC1. The zero-order valence-corrected chi connectivity index (χ0v) is 18.6. The lowest BCUT2D eigenvalue weighted by Crippen LogP contribution is -2.29. The molecule has 2 nitrogen and oxygen atoms in total. The molecule has 0 N–H and O–H groups in total. The van der Waals surface area contributed by atoms with E-state index < -0.39 is 0 Å². The summed E-state index contributed by atoms with van der Waals surface area (Å²) in [5.74, 6) is 0.582. The Morgan fingerprint density at radius 2 is 1.23 bits per heavy atom. The highest BCUT2D eigenvalue weighted by Gasteiger charge is 2.23. The first kappa shape index (κ1) is 20.3. The van der Waals surface area contributed by atoms with Crippen molar-refractivity contribution in [3.05, 3.63) is 70.3 Å². The van der Waals surface area contributed by atoms with Gasteiger partial charge < -0.3 is 0 Å². The van der Waals surface area contributed by atoms with Gasteiger partial charge in [0.2, 0.25) is 0 Å². The molecule has 2 saturated heterocycles. The number of hydrogen-bond acceptors (Lipinski definition) is 2. The minimum Gasteiger partial charge on any atom is -0.299 e. The maximum Gasteiger partial charge on any atom is 0.0233 e. The van der Waals surface area contributed by atoms with Crippen LogP contribution >= 0.6 is 0 Å². The Kier molecular flexibility index (Phi) is 6.53. The van der Waals surface area contributed by atoms with Crippen molar-refractivity contribution in [1.29, 1.82) is 0 Å². The highest BCUT2D eigenvalue weighted by Crippen LogP contribution is 2.37. The molecule has 2 heterocycles. The second-order valence-corrected chi connectivity index (χ2v) is 9.89. The van der Waals surface area contributed by atoms with Crippen molar-refractivity contribution >= 4 is 0 Å². The Balaban J connectivity index is 1.31. The van der Waals surface area contributed by atoms with E-state index in [0.717, 1.165) is 13.1 Å². The van der Waals surface area contributed by atoms with Crippen LogP contribution in [0.4, 0.5) is 0 Å². The monoisotopic (exact) mass is 402 g/mol. The molecule has 0 amide bonds. The van der Waals surface area contributed by atoms with Crippen LogP contribution in [0.15, 0.2) is 42.5 Å². The van der Waals surface area contributed by atoms with Gasteiger partial charge in [0.1, 0.15) is 0 Å². The van der Waals surface area contributed by atoms with Gasteiger partial charge in [-0.2, -0.15) is 0 Å². The van der Waals surface area contributed by atoms with Gasteiger partial charge in [0.25, 0.3) is 0 Å². The largest absolute Gasteiger partial charge is 0.299 e. The fraction of sp³-hybridized carbons (Fsp3) is 0.571. The summed E-state index contributed by atoms with van der Waals surface area (Å²) in [5.41, 5.74) is 7.72. The average molecular weight is 403 g/mol. The number of fused-ring (bicyclic) bond motifs is 1. The predicted molar refractivity (Wildman–Crippen MR) is 126 cm³/mol. The Hall–Kier alpha value is -1.64. The fourth-order valence-corrected chi connectivity index (χ4v) is 5.90. The molecule has 5 rings (SSSR count). The van der Waals surface area contributed by atoms with Crippen molar-refractivity contribution in [3.8, 4) is 0 Å². The van der Waals surface area contributed by atoms with Crippen molar-refractivity contribution in [2.24, 2.45) is 0 Å². The van der Waals surface area contributed by atoms with E-state index in [1.165, 1.54) is 101 Å². The van der Waals surface area contributed by atoms with Crippen LogP contribution in [0.3, 0.4) is 0 Å². The van der Waals surface area contributed by atoms with Crippen LogP contribution in [0.25, 0.3) is 0 Å². The number of hydrogen-bond donors (Lipinski definition) is 0. The summed E-state index contributed by atoms with van der Waals surface area (Å²) in [5, 5.41) is 0. The van der Waals surface area contributed by atoms with Crippen molar-refractivity contribution in [2.75, 3.05) is 26.2 Å². The molecule has 1 aliphatic carbocycles. The lowest BCUT2D eigenvalue weighted by molar-refractivity contribution is 0.221. The Morgan fingerprint density at radius 3 is 1.90 bits per heavy atom. The Labute approximate surface area is 183 Å². The van der Waals surface area contributed by atoms with Crippen LogP contribution < -0.4 is 0 Å². The molecule has 1 atom stereocenters. The first-order valence-corrected chi connectivity index (χ1v) is 12.5. The van der Waals surface area contributed by atoms with Crippen LogP contribution in [-0.2, 0) is 19.5 Å². The van der Waals surface area contributed by atoms with Gasteiger partial charge in [0, 0.05) is 19.0 Å². The van der Waals surface area contributed by atoms with Gasteiger partial charge in [-0.15, -0.1) is 0 Å². The second-order valence-electron chi connectivity index (χ2n) is 9.89. The number of likely N-dealkylation sites (tertiary alicyclic amines) is 2. The van der Waals surface area contributed by atoms with Crippen LogP contribution in [0.1, 0.15) is 85.1 Å². The van der Waals surface area contributed by atoms with Gasteiger partial charge in [0.05, 0.1) is 0 Å². The molecule has 2 fully saturated rings. The summed E-state index contributed by atoms with van der Waals surface area (Å²) < 4.78 is 0. The minimum atomic E-state index is 0.582. The predicted octanol–water partition coefficient (Wildman–Crippen LogP) is 6.13. The molecule has 0 radical (unpaired) electrons. The molecule has 160 valence electrons. The van der Waals surface area contributed by atoms with E-state index in [2.05, 4.69) is 52.3 Å². The molecular formula is C28H38N2. The van der Waals surface area contributed by atoms with Crippen molar-refractivity contribution in [2.45, 2.75) is 76.8 Å². The molecule has 0 saturated carbocycles. The average Bonchev–Trinajstić information content (AvgIpc) is 2.81. The quantitative estimate of drug-likeness (QED) is 0.594. The van der Waals surface area contributed by atoms with E-state index in [4.69, 9.17) is 0 Å². The van der Waals surface area contributed by atoms with Crippen LogP contribution in [0, 0.1) is 0 Å². The third-order valence-corrected chi connectivity index (χ3v) is 7.62. The maximum atomic E-state index is 2.65. The first-order chi connectivity index (χ1) is 14.8. The highest BCUT2D eigenvalue weighted by atomic mass is 15.1. The second kappa shape index (κ2) is 9.66. The van der Waals surface area contributed by atoms with Gasteiger partial charge in [-0.25, -0.2) is 0 Å². The van der Waals surface area contributed by atoms with E-state index in [1.807, 2.05) is 0 Å². The summed E-state index contributed by atoms with van der Waals surface area (Å²) in [4.78, 5) is 5.28. The Bertz CT molecular complexity index is 813. The van der Waals surface area contributed by atoms with Crippen LogP contribution in [0.5, 0.6) is 0 Å². The Morgan fingerprint density at radius 1 is 0.633 bits per heavy atom. The van der Waals surface area contributed by atoms with Gasteiger partial charge in [-0.05, 0) is 98.9 Å². The number of aryl methyl sites for hydroxylation is 1. The molecule has 3 aliphatic rings. The van der Waals surface area contributed by atoms with Crippen LogP contribution in [-0.4, -0.2) is 36.0 Å². The first-order valence-electron chi connectivity index (χ1n) is 12.5. The fourth-order valence-electron chi connectivity index (χ4n) is 5.90. The molecule has 2 aromatic carbocycles. The zero-order valence-electron chi connectivity index (χ0n) is 18.6. The molecule has 0 spiro atoms. The third-order valence-electron chi connectivity index (χ3n) is 7.62. The minimum absolute atomic E-state index is 0.582. The van der Waals surface area contributed by atoms with E-state index in [9.17, 15) is 0 Å². The van der Waals surface area contributed by atoms with E-state index >= 15 is 0 Å². The van der Waals surface area contributed by atoms with Crippen molar-refractivity contribution in [1.82, 2.24) is 9.80 Å². The van der Waals surface area contributed by atoms with Crippen molar-refractivity contribution in [3.63, 3.8) is 0 Å². The van der Waals surface area contributed by atoms with Gasteiger partial charge in [-0.3, -0.25) is 9.80 Å². The van der Waals surface area contributed by atoms with E-state index in [1.54, 1.807) is 11.1 Å². The molecular weight excluding hydrogens is 364 g/mol. The molecule has 2 aliphatic heterocycles. The number of nitrogens with zero attached hydrogens (tertiary/aromatic N) is 2. The standard InChI is InChI=1S/C28H38N2/c1-3-16-29(17-4-1)21-23-10-13-26(14-11-23)27-9-7-8-25-15-12-24(20-28(25)27)22-30-18-5-2-6-19-30/h10-15,20,27H,1-9,16-19,21-22H2. The van der Waals surface area contributed by atoms with Crippen molar-refractivity contribution < 1.29 is 0 Å². The molecule has 2 aromatic rings. The summed E-state index contributed by atoms with van der Waals surface area (Å²) in [7, 11) is 0. The topological polar surface area (TPSA) is 6.48 Å². The molecule has 2 heteroatoms. The summed E-state index contributed by atoms with van der Waals surface area (Å²) in [6, 6.07) is 17.0. The molecule has 1 unspecified atom stereocenters. The summed E-state index contributed by atoms with van der Waals surface area (Å²) in [6.07, 6.45) is 12.2. The van der Waals surface area contributed by atoms with E-state index in [0.29, 0.717) is 5.92 Å². The molecule has 0 bridgehead atoms. The van der Waals surface area contributed by atoms with Gasteiger partial charge in [-0.1, -0.05) is 55.3 Å². The van der Waals surface area contributed by atoms with Crippen LogP contribution in [0.2, 0.25) is 0 Å². The lowest BCUT2D eigenvalue weighted by Gasteiger charge is -2.30. The molecule has 0 aromatic heterocycles. The lowest BCUT2D eigenvalue weighted by atomic mass is 9.78.